The van der Waals surface area contributed by atoms with Gasteiger partial charge in [0.25, 0.3) is 11.5 Å². The third kappa shape index (κ3) is 3.02. The van der Waals surface area contributed by atoms with Gasteiger partial charge in [0.2, 0.25) is 0 Å². The van der Waals surface area contributed by atoms with Gasteiger partial charge in [-0.05, 0) is 25.0 Å². The number of carbonyl (C=O) groups excluding carboxylic acids is 1. The lowest BCUT2D eigenvalue weighted by Gasteiger charge is -2.14. The first-order valence-electron chi connectivity index (χ1n) is 8.40. The summed E-state index contributed by atoms with van der Waals surface area (Å²) in [6.45, 7) is 1.35. The molecule has 0 radical (unpaired) electrons. The van der Waals surface area contributed by atoms with Crippen LogP contribution < -0.4 is 10.9 Å². The molecule has 128 valence electrons. The minimum atomic E-state index is -0.402. The Hall–Kier alpha value is -3.03. The monoisotopic (exact) mass is 338 g/mol. The lowest BCUT2D eigenvalue weighted by molar-refractivity contribution is 0.0943. The molecule has 3 heterocycles. The number of fused-ring (bicyclic) bond motifs is 2. The number of carbonyl (C=O) groups is 1. The molecule has 8 nitrogen and oxygen atoms in total. The fraction of sp³-hybridized carbons (Fsp3) is 0.353. The molecule has 4 rings (SSSR count). The second-order valence-electron chi connectivity index (χ2n) is 6.08. The van der Waals surface area contributed by atoms with Gasteiger partial charge in [-0.2, -0.15) is 0 Å². The Morgan fingerprint density at radius 3 is 3.04 bits per heavy atom. The zero-order valence-electron chi connectivity index (χ0n) is 13.7. The van der Waals surface area contributed by atoms with E-state index in [2.05, 4.69) is 30.0 Å². The van der Waals surface area contributed by atoms with Crippen molar-refractivity contribution in [1.29, 1.82) is 0 Å². The van der Waals surface area contributed by atoms with Crippen molar-refractivity contribution in [3.05, 3.63) is 52.1 Å². The van der Waals surface area contributed by atoms with Crippen molar-refractivity contribution in [2.75, 3.05) is 6.54 Å². The number of rotatable bonds is 4. The highest BCUT2D eigenvalue weighted by Crippen LogP contribution is 2.14. The maximum atomic E-state index is 12.3. The van der Waals surface area contributed by atoms with E-state index in [1.807, 2.05) is 0 Å². The Labute approximate surface area is 143 Å². The fourth-order valence-electron chi connectivity index (χ4n) is 3.12. The summed E-state index contributed by atoms with van der Waals surface area (Å²) in [7, 11) is 0. The topological polar surface area (TPSA) is 106 Å². The highest BCUT2D eigenvalue weighted by molar-refractivity contribution is 5.92. The van der Waals surface area contributed by atoms with Crippen LogP contribution >= 0.6 is 0 Å². The lowest BCUT2D eigenvalue weighted by atomic mass is 10.1. The molecular formula is C17H18N6O2. The standard InChI is InChI=1S/C17H18N6O2/c24-16-11-5-1-2-6-12(11)19-15(20-16)17(25)18-9-8-14-22-21-13-7-3-4-10-23(13)14/h1-2,5-6H,3-4,7-10H2,(H,18,25)(H,19,20,24). The molecule has 8 heteroatoms. The van der Waals surface area contributed by atoms with Gasteiger partial charge in [0.05, 0.1) is 10.9 Å². The lowest BCUT2D eigenvalue weighted by Crippen LogP contribution is -2.30. The maximum Gasteiger partial charge on any atom is 0.287 e. The van der Waals surface area contributed by atoms with Crippen LogP contribution in [-0.2, 0) is 19.4 Å². The van der Waals surface area contributed by atoms with Crippen molar-refractivity contribution in [1.82, 2.24) is 30.0 Å². The minimum Gasteiger partial charge on any atom is -0.349 e. The molecule has 0 unspecified atom stereocenters. The van der Waals surface area contributed by atoms with E-state index in [4.69, 9.17) is 0 Å². The normalized spacial score (nSPS) is 13.6. The van der Waals surface area contributed by atoms with Crippen LogP contribution in [0.2, 0.25) is 0 Å². The predicted octanol–water partition coefficient (Wildman–Crippen LogP) is 0.823. The van der Waals surface area contributed by atoms with E-state index in [-0.39, 0.29) is 11.4 Å². The summed E-state index contributed by atoms with van der Waals surface area (Å²) in [5.74, 6) is 1.52. The van der Waals surface area contributed by atoms with Crippen molar-refractivity contribution in [2.45, 2.75) is 32.2 Å². The fourth-order valence-corrected chi connectivity index (χ4v) is 3.12. The summed E-state index contributed by atoms with van der Waals surface area (Å²) in [5.41, 5.74) is 0.185. The van der Waals surface area contributed by atoms with Gasteiger partial charge < -0.3 is 14.9 Å². The molecular weight excluding hydrogens is 320 g/mol. The van der Waals surface area contributed by atoms with Crippen LogP contribution in [0.15, 0.2) is 29.1 Å². The summed E-state index contributed by atoms with van der Waals surface area (Å²) in [4.78, 5) is 31.1. The molecule has 0 saturated heterocycles. The first-order valence-corrected chi connectivity index (χ1v) is 8.40. The SMILES string of the molecule is O=C(NCCc1nnc2n1CCCC2)c1nc2ccccc2c(=O)[nH]1. The number of amides is 1. The van der Waals surface area contributed by atoms with Crippen molar-refractivity contribution in [3.63, 3.8) is 0 Å². The Kier molecular flexibility index (Phi) is 4.01. The van der Waals surface area contributed by atoms with E-state index in [9.17, 15) is 9.59 Å². The smallest absolute Gasteiger partial charge is 0.287 e. The summed E-state index contributed by atoms with van der Waals surface area (Å²) in [6, 6.07) is 6.93. The van der Waals surface area contributed by atoms with Crippen molar-refractivity contribution < 1.29 is 4.79 Å². The van der Waals surface area contributed by atoms with Gasteiger partial charge in [-0.3, -0.25) is 9.59 Å². The van der Waals surface area contributed by atoms with Gasteiger partial charge in [-0.25, -0.2) is 4.98 Å². The molecule has 0 atom stereocenters. The number of nitrogens with one attached hydrogen (secondary N) is 2. The average Bonchev–Trinajstić information content (AvgIpc) is 3.05. The van der Waals surface area contributed by atoms with Crippen LogP contribution in [0.3, 0.4) is 0 Å². The van der Waals surface area contributed by atoms with Gasteiger partial charge in [0.15, 0.2) is 5.82 Å². The van der Waals surface area contributed by atoms with E-state index in [0.717, 1.165) is 37.5 Å². The second-order valence-corrected chi connectivity index (χ2v) is 6.08. The molecule has 0 bridgehead atoms. The largest absolute Gasteiger partial charge is 0.349 e. The molecule has 0 fully saturated rings. The molecule has 1 aliphatic rings. The van der Waals surface area contributed by atoms with Gasteiger partial charge in [-0.1, -0.05) is 12.1 Å². The zero-order chi connectivity index (χ0) is 17.2. The van der Waals surface area contributed by atoms with E-state index < -0.39 is 5.91 Å². The molecule has 25 heavy (non-hydrogen) atoms. The third-order valence-corrected chi connectivity index (χ3v) is 4.40. The van der Waals surface area contributed by atoms with Crippen LogP contribution in [0.5, 0.6) is 0 Å². The van der Waals surface area contributed by atoms with Gasteiger partial charge >= 0.3 is 0 Å². The number of nitrogens with zero attached hydrogens (tertiary/aromatic N) is 4. The first-order chi connectivity index (χ1) is 12.2. The average molecular weight is 338 g/mol. The van der Waals surface area contributed by atoms with Gasteiger partial charge in [-0.15, -0.1) is 10.2 Å². The minimum absolute atomic E-state index is 0.0203. The summed E-state index contributed by atoms with van der Waals surface area (Å²) >= 11 is 0. The number of aromatic nitrogens is 5. The zero-order valence-corrected chi connectivity index (χ0v) is 13.7. The highest BCUT2D eigenvalue weighted by Gasteiger charge is 2.16. The molecule has 2 aromatic heterocycles. The Bertz CT molecular complexity index is 990. The third-order valence-electron chi connectivity index (χ3n) is 4.40. The van der Waals surface area contributed by atoms with Crippen LogP contribution in [0.4, 0.5) is 0 Å². The number of H-pyrrole nitrogens is 1. The maximum absolute atomic E-state index is 12.3. The summed E-state index contributed by atoms with van der Waals surface area (Å²) in [6.07, 6.45) is 3.83. The first kappa shape index (κ1) is 15.5. The number of benzene rings is 1. The van der Waals surface area contributed by atoms with Crippen LogP contribution in [-0.4, -0.2) is 37.2 Å². The van der Waals surface area contributed by atoms with Crippen molar-refractivity contribution in [3.8, 4) is 0 Å². The molecule has 3 aromatic rings. The molecule has 0 spiro atoms. The van der Waals surface area contributed by atoms with Crippen molar-refractivity contribution in [2.24, 2.45) is 0 Å². The van der Waals surface area contributed by atoms with Crippen LogP contribution in [0.1, 0.15) is 35.1 Å². The van der Waals surface area contributed by atoms with Gasteiger partial charge in [0.1, 0.15) is 11.6 Å². The van der Waals surface area contributed by atoms with Gasteiger partial charge in [0, 0.05) is 25.9 Å². The summed E-state index contributed by atoms with van der Waals surface area (Å²) in [5, 5.41) is 11.7. The molecule has 1 amide bonds. The van der Waals surface area contributed by atoms with E-state index in [1.54, 1.807) is 24.3 Å². The van der Waals surface area contributed by atoms with Crippen molar-refractivity contribution >= 4 is 16.8 Å². The number of hydrogen-bond acceptors (Lipinski definition) is 5. The quantitative estimate of drug-likeness (QED) is 0.733. The van der Waals surface area contributed by atoms with E-state index in [1.165, 1.54) is 0 Å². The Balaban J connectivity index is 1.44. The van der Waals surface area contributed by atoms with Crippen LogP contribution in [0, 0.1) is 0 Å². The predicted molar refractivity (Wildman–Crippen MR) is 91.4 cm³/mol. The molecule has 0 aliphatic carbocycles. The molecule has 0 saturated carbocycles. The highest BCUT2D eigenvalue weighted by atomic mass is 16.2. The summed E-state index contributed by atoms with van der Waals surface area (Å²) < 4.78 is 2.13. The molecule has 1 aromatic carbocycles. The van der Waals surface area contributed by atoms with E-state index in [0.29, 0.717) is 23.9 Å². The molecule has 1 aliphatic heterocycles. The molecule has 2 N–H and O–H groups in total. The van der Waals surface area contributed by atoms with Crippen LogP contribution in [0.25, 0.3) is 10.9 Å². The Morgan fingerprint density at radius 2 is 2.12 bits per heavy atom. The number of hydrogen-bond donors (Lipinski definition) is 2. The Morgan fingerprint density at radius 1 is 1.24 bits per heavy atom. The second kappa shape index (κ2) is 6.46. The number of aryl methyl sites for hydroxylation is 1. The number of para-hydroxylation sites is 1. The number of aromatic amines is 1. The van der Waals surface area contributed by atoms with E-state index >= 15 is 0 Å².